The van der Waals surface area contributed by atoms with Crippen LogP contribution in [0.15, 0.2) is 24.3 Å². The van der Waals surface area contributed by atoms with Crippen LogP contribution in [0.3, 0.4) is 0 Å². The van der Waals surface area contributed by atoms with Gasteiger partial charge in [0, 0.05) is 25.2 Å². The van der Waals surface area contributed by atoms with Crippen LogP contribution in [-0.4, -0.2) is 11.6 Å². The van der Waals surface area contributed by atoms with Crippen LogP contribution in [-0.2, 0) is 9.59 Å². The van der Waals surface area contributed by atoms with E-state index < -0.39 is 0 Å². The Morgan fingerprint density at radius 2 is 0.756 bits per heavy atom. The first kappa shape index (κ1) is 39.8. The monoisotopic (exact) mass is 573 g/mol. The lowest BCUT2D eigenvalue weighted by Crippen LogP contribution is -2.15. The van der Waals surface area contributed by atoms with E-state index in [4.69, 9.17) is 0 Å². The third-order valence-electron chi connectivity index (χ3n) is 8.49. The van der Waals surface area contributed by atoms with Crippen molar-refractivity contribution in [1.29, 1.82) is 0 Å². The summed E-state index contributed by atoms with van der Waals surface area (Å²) >= 11 is 0. The second kappa shape index (κ2) is 33.3. The van der Waals surface area contributed by atoms with E-state index in [0.717, 1.165) is 25.7 Å². The van der Waals surface area contributed by atoms with E-state index in [9.17, 15) is 9.59 Å². The van der Waals surface area contributed by atoms with Gasteiger partial charge in [-0.2, -0.15) is 0 Å². The molecule has 0 amide bonds. The number of carbonyl (C=O) groups excluding carboxylic acids is 2. The number of carbonyl (C=O) groups is 2. The lowest BCUT2D eigenvalue weighted by molar-refractivity contribution is -0.127. The standard InChI is InChI=1S/C39H72O2/c1-4-6-8-10-12-14-16-18-20-22-24-26-28-30-32-34-38(40)36-37(3)39(41)35-33-31-29-27-25-23-21-19-17-15-13-11-9-7-5-2/h18-21,37H,4-17,22-36H2,1-3H3. The lowest BCUT2D eigenvalue weighted by Gasteiger charge is -2.10. The van der Waals surface area contributed by atoms with Gasteiger partial charge in [-0.05, 0) is 64.2 Å². The number of ketones is 2. The summed E-state index contributed by atoms with van der Waals surface area (Å²) in [5, 5.41) is 0. The zero-order valence-corrected chi connectivity index (χ0v) is 28.2. The van der Waals surface area contributed by atoms with Gasteiger partial charge in [0.05, 0.1) is 0 Å². The Bertz CT molecular complexity index is 617. The van der Waals surface area contributed by atoms with Gasteiger partial charge in [0.1, 0.15) is 11.6 Å². The van der Waals surface area contributed by atoms with Crippen LogP contribution in [0.25, 0.3) is 0 Å². The molecule has 0 saturated carbocycles. The Kier molecular flexibility index (Phi) is 32.4. The fourth-order valence-electron chi connectivity index (χ4n) is 5.57. The van der Waals surface area contributed by atoms with Crippen molar-refractivity contribution in [3.05, 3.63) is 24.3 Å². The molecule has 240 valence electrons. The maximum absolute atomic E-state index is 12.5. The highest BCUT2D eigenvalue weighted by Gasteiger charge is 2.16. The number of hydrogen-bond acceptors (Lipinski definition) is 2. The van der Waals surface area contributed by atoms with Crippen molar-refractivity contribution in [2.24, 2.45) is 5.92 Å². The number of rotatable bonds is 33. The molecular formula is C39H72O2. The van der Waals surface area contributed by atoms with Crippen molar-refractivity contribution < 1.29 is 9.59 Å². The first-order valence-corrected chi connectivity index (χ1v) is 18.5. The second-order valence-electron chi connectivity index (χ2n) is 12.8. The van der Waals surface area contributed by atoms with E-state index in [2.05, 4.69) is 38.2 Å². The fraction of sp³-hybridized carbons (Fsp3) is 0.846. The van der Waals surface area contributed by atoms with Crippen LogP contribution < -0.4 is 0 Å². The number of hydrogen-bond donors (Lipinski definition) is 0. The Balaban J connectivity index is 3.49. The highest BCUT2D eigenvalue weighted by Crippen LogP contribution is 2.16. The van der Waals surface area contributed by atoms with Gasteiger partial charge in [0.15, 0.2) is 0 Å². The Labute approximate surface area is 258 Å². The van der Waals surface area contributed by atoms with Gasteiger partial charge in [-0.3, -0.25) is 9.59 Å². The molecule has 0 heterocycles. The summed E-state index contributed by atoms with van der Waals surface area (Å²) in [6, 6.07) is 0. The summed E-state index contributed by atoms with van der Waals surface area (Å²) in [5.74, 6) is 0.482. The Hall–Kier alpha value is -1.18. The molecule has 0 aliphatic rings. The average Bonchev–Trinajstić information content (AvgIpc) is 2.96. The molecule has 0 aromatic carbocycles. The largest absolute Gasteiger partial charge is 0.300 e. The van der Waals surface area contributed by atoms with Crippen LogP contribution >= 0.6 is 0 Å². The highest BCUT2D eigenvalue weighted by molar-refractivity contribution is 5.87. The van der Waals surface area contributed by atoms with E-state index in [1.807, 2.05) is 6.92 Å². The molecule has 2 heteroatoms. The first-order chi connectivity index (χ1) is 20.1. The van der Waals surface area contributed by atoms with Crippen molar-refractivity contribution in [3.63, 3.8) is 0 Å². The molecular weight excluding hydrogens is 500 g/mol. The van der Waals surface area contributed by atoms with Crippen LogP contribution in [0, 0.1) is 5.92 Å². The van der Waals surface area contributed by atoms with Gasteiger partial charge < -0.3 is 0 Å². The minimum absolute atomic E-state index is 0.0950. The molecule has 0 aromatic heterocycles. The van der Waals surface area contributed by atoms with Crippen LogP contribution in [0.5, 0.6) is 0 Å². The SMILES string of the molecule is CCCCCCCCC=CCCCCCCCC(=O)CC(C)C(=O)CCCCCCCC=CCCCCCCCC. The minimum atomic E-state index is -0.0950. The zero-order valence-electron chi connectivity index (χ0n) is 28.2. The molecule has 0 aromatic rings. The first-order valence-electron chi connectivity index (χ1n) is 18.5. The normalized spacial score (nSPS) is 12.6. The van der Waals surface area contributed by atoms with Crippen LogP contribution in [0.4, 0.5) is 0 Å². The minimum Gasteiger partial charge on any atom is -0.300 e. The summed E-state index contributed by atoms with van der Waals surface area (Å²) in [4.78, 5) is 24.8. The van der Waals surface area contributed by atoms with Gasteiger partial charge >= 0.3 is 0 Å². The van der Waals surface area contributed by atoms with Gasteiger partial charge in [-0.15, -0.1) is 0 Å². The quantitative estimate of drug-likeness (QED) is 0.0579. The van der Waals surface area contributed by atoms with E-state index in [1.165, 1.54) is 141 Å². The molecule has 0 aliphatic heterocycles. The molecule has 1 unspecified atom stereocenters. The molecule has 2 nitrogen and oxygen atoms in total. The molecule has 41 heavy (non-hydrogen) atoms. The molecule has 0 fully saturated rings. The average molecular weight is 573 g/mol. The van der Waals surface area contributed by atoms with Gasteiger partial charge in [0.25, 0.3) is 0 Å². The summed E-state index contributed by atoms with van der Waals surface area (Å²) in [6.45, 7) is 6.50. The zero-order chi connectivity index (χ0) is 30.1. The third kappa shape index (κ3) is 31.6. The molecule has 0 saturated heterocycles. The molecule has 0 radical (unpaired) electrons. The molecule has 1 atom stereocenters. The topological polar surface area (TPSA) is 34.1 Å². The van der Waals surface area contributed by atoms with Gasteiger partial charge in [0.2, 0.25) is 0 Å². The summed E-state index contributed by atoms with van der Waals surface area (Å²) in [5.41, 5.74) is 0. The predicted molar refractivity (Wildman–Crippen MR) is 183 cm³/mol. The lowest BCUT2D eigenvalue weighted by atomic mass is 9.94. The second-order valence-corrected chi connectivity index (χ2v) is 12.8. The Morgan fingerprint density at radius 1 is 0.439 bits per heavy atom. The predicted octanol–water partition coefficient (Wildman–Crippen LogP) is 13.2. The highest BCUT2D eigenvalue weighted by atomic mass is 16.1. The third-order valence-corrected chi connectivity index (χ3v) is 8.49. The maximum atomic E-state index is 12.5. The summed E-state index contributed by atoms with van der Waals surface area (Å²) in [7, 11) is 0. The maximum Gasteiger partial charge on any atom is 0.136 e. The number of unbranched alkanes of at least 4 members (excludes halogenated alkanes) is 22. The van der Waals surface area contributed by atoms with Crippen molar-refractivity contribution in [2.75, 3.05) is 0 Å². The molecule has 0 aliphatic carbocycles. The smallest absolute Gasteiger partial charge is 0.136 e. The van der Waals surface area contributed by atoms with Gasteiger partial charge in [-0.1, -0.05) is 148 Å². The van der Waals surface area contributed by atoms with Crippen molar-refractivity contribution in [1.82, 2.24) is 0 Å². The summed E-state index contributed by atoms with van der Waals surface area (Å²) < 4.78 is 0. The van der Waals surface area contributed by atoms with E-state index in [0.29, 0.717) is 25.0 Å². The molecule has 0 rings (SSSR count). The van der Waals surface area contributed by atoms with Crippen molar-refractivity contribution in [2.45, 2.75) is 207 Å². The molecule has 0 spiro atoms. The van der Waals surface area contributed by atoms with Crippen molar-refractivity contribution in [3.8, 4) is 0 Å². The van der Waals surface area contributed by atoms with Gasteiger partial charge in [-0.25, -0.2) is 0 Å². The van der Waals surface area contributed by atoms with Crippen LogP contribution in [0.2, 0.25) is 0 Å². The van der Waals surface area contributed by atoms with Crippen LogP contribution in [0.1, 0.15) is 207 Å². The van der Waals surface area contributed by atoms with E-state index in [1.54, 1.807) is 0 Å². The number of Topliss-reactive ketones (excluding diaryl/α,β-unsaturated/α-hetero) is 2. The summed E-state index contributed by atoms with van der Waals surface area (Å²) in [6.07, 6.45) is 44.4. The van der Waals surface area contributed by atoms with E-state index >= 15 is 0 Å². The molecule has 0 bridgehead atoms. The fourth-order valence-corrected chi connectivity index (χ4v) is 5.57. The Morgan fingerprint density at radius 3 is 1.15 bits per heavy atom. The van der Waals surface area contributed by atoms with Crippen molar-refractivity contribution >= 4 is 11.6 Å². The number of allylic oxidation sites excluding steroid dienone is 4. The van der Waals surface area contributed by atoms with E-state index in [-0.39, 0.29) is 11.7 Å². The molecule has 0 N–H and O–H groups in total.